The molecule has 22 heavy (non-hydrogen) atoms. The molecule has 0 bridgehead atoms. The lowest BCUT2D eigenvalue weighted by atomic mass is 10.1. The van der Waals surface area contributed by atoms with Crippen LogP contribution in [0.5, 0.6) is 5.75 Å². The summed E-state index contributed by atoms with van der Waals surface area (Å²) in [6.45, 7) is 1.83. The highest BCUT2D eigenvalue weighted by molar-refractivity contribution is 5.99. The third-order valence-corrected chi connectivity index (χ3v) is 3.97. The van der Waals surface area contributed by atoms with Gasteiger partial charge in [-0.15, -0.1) is 0 Å². The summed E-state index contributed by atoms with van der Waals surface area (Å²) in [5.41, 5.74) is 5.44. The molecule has 1 aliphatic rings. The lowest BCUT2D eigenvalue weighted by molar-refractivity contribution is -0.122. The van der Waals surface area contributed by atoms with Gasteiger partial charge in [0, 0.05) is 5.92 Å². The Morgan fingerprint density at radius 2 is 1.82 bits per heavy atom. The van der Waals surface area contributed by atoms with E-state index in [1.54, 1.807) is 24.3 Å². The second-order valence-electron chi connectivity index (χ2n) is 5.58. The summed E-state index contributed by atoms with van der Waals surface area (Å²) < 4.78 is 0. The molecule has 2 atom stereocenters. The Balaban J connectivity index is 1.59. The number of nitrogens with zero attached hydrogens (tertiary/aromatic N) is 1. The predicted molar refractivity (Wildman–Crippen MR) is 85.8 cm³/mol. The van der Waals surface area contributed by atoms with Crippen LogP contribution in [-0.4, -0.2) is 16.7 Å². The highest BCUT2D eigenvalue weighted by atomic mass is 16.3. The zero-order valence-electron chi connectivity index (χ0n) is 12.4. The SMILES string of the molecule is C/C(=N/NC(=O)[C@@H]1C[C@@H]1c1ccccc1)c1ccc(O)cc1. The minimum absolute atomic E-state index is 0.0127. The first-order valence-electron chi connectivity index (χ1n) is 7.33. The number of carbonyl (C=O) groups is 1. The van der Waals surface area contributed by atoms with Crippen LogP contribution in [0.4, 0.5) is 0 Å². The Bertz CT molecular complexity index is 693. The van der Waals surface area contributed by atoms with Crippen molar-refractivity contribution >= 4 is 11.6 Å². The number of phenolic OH excluding ortho intramolecular Hbond substituents is 1. The fourth-order valence-corrected chi connectivity index (χ4v) is 2.54. The monoisotopic (exact) mass is 294 g/mol. The predicted octanol–water partition coefficient (Wildman–Crippen LogP) is 3.04. The van der Waals surface area contributed by atoms with Gasteiger partial charge in [0.05, 0.1) is 5.71 Å². The Kier molecular flexibility index (Phi) is 3.92. The number of amides is 1. The van der Waals surface area contributed by atoms with Gasteiger partial charge in [-0.05, 0) is 54.7 Å². The molecule has 1 fully saturated rings. The standard InChI is InChI=1S/C18H18N2O2/c1-12(13-7-9-15(21)10-8-13)19-20-18(22)17-11-16(17)14-5-3-2-4-6-14/h2-10,16-17,21H,11H2,1H3,(H,20,22)/b19-12-/t16-,17-/m1/s1. The molecule has 4 heteroatoms. The number of hydrogen-bond donors (Lipinski definition) is 2. The molecule has 2 aromatic rings. The molecule has 1 saturated carbocycles. The van der Waals surface area contributed by atoms with Crippen LogP contribution in [0.1, 0.15) is 30.4 Å². The average Bonchev–Trinajstić information content (AvgIpc) is 3.34. The Labute approximate surface area is 129 Å². The lowest BCUT2D eigenvalue weighted by Crippen LogP contribution is -2.21. The minimum atomic E-state index is -0.0352. The van der Waals surface area contributed by atoms with E-state index in [1.807, 2.05) is 25.1 Å². The number of carbonyl (C=O) groups excluding carboxylic acids is 1. The summed E-state index contributed by atoms with van der Waals surface area (Å²) in [7, 11) is 0. The van der Waals surface area contributed by atoms with Crippen molar-refractivity contribution < 1.29 is 9.90 Å². The first-order valence-corrected chi connectivity index (χ1v) is 7.33. The van der Waals surface area contributed by atoms with Crippen LogP contribution in [0.25, 0.3) is 0 Å². The third kappa shape index (κ3) is 3.17. The van der Waals surface area contributed by atoms with Crippen LogP contribution < -0.4 is 5.43 Å². The molecule has 0 radical (unpaired) electrons. The number of benzene rings is 2. The minimum Gasteiger partial charge on any atom is -0.508 e. The number of aromatic hydroxyl groups is 1. The van der Waals surface area contributed by atoms with Gasteiger partial charge in [-0.25, -0.2) is 5.43 Å². The van der Waals surface area contributed by atoms with Crippen molar-refractivity contribution in [2.24, 2.45) is 11.0 Å². The summed E-state index contributed by atoms with van der Waals surface area (Å²) in [4.78, 5) is 12.1. The molecule has 2 N–H and O–H groups in total. The van der Waals surface area contributed by atoms with E-state index in [-0.39, 0.29) is 17.6 Å². The summed E-state index contributed by atoms with van der Waals surface area (Å²) in [5, 5.41) is 13.4. The van der Waals surface area contributed by atoms with Crippen LogP contribution in [0.2, 0.25) is 0 Å². The largest absolute Gasteiger partial charge is 0.508 e. The van der Waals surface area contributed by atoms with E-state index in [2.05, 4.69) is 22.7 Å². The molecule has 2 aromatic carbocycles. The fourth-order valence-electron chi connectivity index (χ4n) is 2.54. The summed E-state index contributed by atoms with van der Waals surface area (Å²) >= 11 is 0. The fraction of sp³-hybridized carbons (Fsp3) is 0.222. The molecule has 0 unspecified atom stereocenters. The summed E-state index contributed by atoms with van der Waals surface area (Å²) in [6.07, 6.45) is 0.879. The van der Waals surface area contributed by atoms with Crippen LogP contribution in [0, 0.1) is 5.92 Å². The van der Waals surface area contributed by atoms with Crippen LogP contribution in [-0.2, 0) is 4.79 Å². The maximum atomic E-state index is 12.1. The Morgan fingerprint density at radius 3 is 2.50 bits per heavy atom. The van der Waals surface area contributed by atoms with E-state index in [1.165, 1.54) is 5.56 Å². The van der Waals surface area contributed by atoms with Gasteiger partial charge in [0.15, 0.2) is 0 Å². The van der Waals surface area contributed by atoms with Crippen LogP contribution in [0.3, 0.4) is 0 Å². The maximum Gasteiger partial charge on any atom is 0.243 e. The van der Waals surface area contributed by atoms with Crippen molar-refractivity contribution in [1.29, 1.82) is 0 Å². The molecule has 0 saturated heterocycles. The summed E-state index contributed by atoms with van der Waals surface area (Å²) in [6, 6.07) is 16.8. The van der Waals surface area contributed by atoms with Crippen molar-refractivity contribution in [3.63, 3.8) is 0 Å². The third-order valence-electron chi connectivity index (χ3n) is 3.97. The zero-order chi connectivity index (χ0) is 15.5. The highest BCUT2D eigenvalue weighted by Gasteiger charge is 2.43. The molecule has 0 heterocycles. The molecular weight excluding hydrogens is 276 g/mol. The molecule has 0 aliphatic heterocycles. The van der Waals surface area contributed by atoms with E-state index in [0.29, 0.717) is 11.6 Å². The van der Waals surface area contributed by atoms with Gasteiger partial charge in [0.25, 0.3) is 0 Å². The van der Waals surface area contributed by atoms with Crippen LogP contribution in [0.15, 0.2) is 59.7 Å². The number of hydrogen-bond acceptors (Lipinski definition) is 3. The molecule has 1 amide bonds. The maximum absolute atomic E-state index is 12.1. The molecule has 0 aromatic heterocycles. The molecule has 4 nitrogen and oxygen atoms in total. The van der Waals surface area contributed by atoms with Crippen LogP contribution >= 0.6 is 0 Å². The van der Waals surface area contributed by atoms with Crippen molar-refractivity contribution in [2.45, 2.75) is 19.3 Å². The topological polar surface area (TPSA) is 61.7 Å². The number of rotatable bonds is 4. The summed E-state index contributed by atoms with van der Waals surface area (Å²) in [5.74, 6) is 0.500. The first kappa shape index (κ1) is 14.3. The number of phenols is 1. The molecule has 3 rings (SSSR count). The van der Waals surface area contributed by atoms with Gasteiger partial charge in [-0.3, -0.25) is 4.79 Å². The van der Waals surface area contributed by atoms with Crippen molar-refractivity contribution in [3.05, 3.63) is 65.7 Å². The molecule has 1 aliphatic carbocycles. The van der Waals surface area contributed by atoms with Gasteiger partial charge in [0.2, 0.25) is 5.91 Å². The highest BCUT2D eigenvalue weighted by Crippen LogP contribution is 2.47. The lowest BCUT2D eigenvalue weighted by Gasteiger charge is -2.03. The quantitative estimate of drug-likeness (QED) is 0.672. The van der Waals surface area contributed by atoms with Gasteiger partial charge in [0.1, 0.15) is 5.75 Å². The van der Waals surface area contributed by atoms with E-state index >= 15 is 0 Å². The smallest absolute Gasteiger partial charge is 0.243 e. The van der Waals surface area contributed by atoms with E-state index in [0.717, 1.165) is 12.0 Å². The number of hydrazone groups is 1. The van der Waals surface area contributed by atoms with Crippen molar-refractivity contribution in [1.82, 2.24) is 5.43 Å². The number of nitrogens with one attached hydrogen (secondary N) is 1. The van der Waals surface area contributed by atoms with E-state index in [9.17, 15) is 9.90 Å². The Morgan fingerprint density at radius 1 is 1.14 bits per heavy atom. The van der Waals surface area contributed by atoms with Gasteiger partial charge in [-0.1, -0.05) is 30.3 Å². The normalized spacial score (nSPS) is 20.5. The van der Waals surface area contributed by atoms with Crippen molar-refractivity contribution in [3.8, 4) is 5.75 Å². The second-order valence-corrected chi connectivity index (χ2v) is 5.58. The van der Waals surface area contributed by atoms with E-state index < -0.39 is 0 Å². The molecule has 112 valence electrons. The Hall–Kier alpha value is -2.62. The average molecular weight is 294 g/mol. The molecular formula is C18H18N2O2. The van der Waals surface area contributed by atoms with Gasteiger partial charge < -0.3 is 5.11 Å². The van der Waals surface area contributed by atoms with E-state index in [4.69, 9.17) is 0 Å². The van der Waals surface area contributed by atoms with Gasteiger partial charge >= 0.3 is 0 Å². The first-order chi connectivity index (χ1) is 10.6. The molecule has 0 spiro atoms. The van der Waals surface area contributed by atoms with Crippen molar-refractivity contribution in [2.75, 3.05) is 0 Å². The second kappa shape index (κ2) is 6.02. The zero-order valence-corrected chi connectivity index (χ0v) is 12.4. The van der Waals surface area contributed by atoms with Gasteiger partial charge in [-0.2, -0.15) is 5.10 Å².